The quantitative estimate of drug-likeness (QED) is 0.299. The zero-order chi connectivity index (χ0) is 24.6. The third-order valence-corrected chi connectivity index (χ3v) is 5.49. The van der Waals surface area contributed by atoms with Gasteiger partial charge in [0.25, 0.3) is 0 Å². The van der Waals surface area contributed by atoms with Crippen molar-refractivity contribution >= 4 is 22.4 Å². The maximum Gasteiger partial charge on any atom is 0.416 e. The van der Waals surface area contributed by atoms with Gasteiger partial charge in [0, 0.05) is 17.9 Å². The lowest BCUT2D eigenvalue weighted by Gasteiger charge is -2.21. The lowest BCUT2D eigenvalue weighted by molar-refractivity contribution is -0.137. The summed E-state index contributed by atoms with van der Waals surface area (Å²) in [5.74, 6) is 0. The Morgan fingerprint density at radius 1 is 0.943 bits per heavy atom. The molecule has 0 radical (unpaired) electrons. The largest absolute Gasteiger partial charge is 0.416 e. The molecular formula is C27H22F3N5. The normalized spacial score (nSPS) is 12.6. The Kier molecular flexibility index (Phi) is 5.72. The summed E-state index contributed by atoms with van der Waals surface area (Å²) in [6, 6.07) is 20.3. The second kappa shape index (κ2) is 8.87. The Morgan fingerprint density at radius 3 is 2.40 bits per heavy atom. The number of rotatable bonds is 4. The molecule has 0 saturated heterocycles. The smallest absolute Gasteiger partial charge is 0.352 e. The molecule has 2 heterocycles. The summed E-state index contributed by atoms with van der Waals surface area (Å²) in [5, 5.41) is 4.09. The van der Waals surface area contributed by atoms with Crippen LogP contribution in [-0.2, 0) is 6.18 Å². The predicted octanol–water partition coefficient (Wildman–Crippen LogP) is 6.60. The van der Waals surface area contributed by atoms with Gasteiger partial charge in [-0.1, -0.05) is 12.1 Å². The van der Waals surface area contributed by atoms with Crippen molar-refractivity contribution in [2.24, 2.45) is 4.99 Å². The van der Waals surface area contributed by atoms with Gasteiger partial charge in [-0.15, -0.1) is 0 Å². The molecule has 1 aliphatic carbocycles. The van der Waals surface area contributed by atoms with E-state index in [-0.39, 0.29) is 6.04 Å². The van der Waals surface area contributed by atoms with Crippen molar-refractivity contribution in [2.45, 2.75) is 26.1 Å². The maximum absolute atomic E-state index is 13.2. The van der Waals surface area contributed by atoms with Gasteiger partial charge in [-0.25, -0.2) is 4.98 Å². The van der Waals surface area contributed by atoms with Gasteiger partial charge in [-0.3, -0.25) is 9.98 Å². The minimum absolute atomic E-state index is 0.0230. The Bertz CT molecular complexity index is 1520. The zero-order valence-electron chi connectivity index (χ0n) is 19.1. The number of fused-ring (bicyclic) bond motifs is 2. The van der Waals surface area contributed by atoms with Crippen molar-refractivity contribution in [3.63, 3.8) is 0 Å². The summed E-state index contributed by atoms with van der Waals surface area (Å²) < 4.78 is 41.5. The Labute approximate surface area is 200 Å². The number of anilines is 2. The second-order valence-electron chi connectivity index (χ2n) is 8.43. The van der Waals surface area contributed by atoms with Crippen molar-refractivity contribution in [3.05, 3.63) is 96.1 Å². The van der Waals surface area contributed by atoms with Crippen LogP contribution in [0.5, 0.6) is 0 Å². The van der Waals surface area contributed by atoms with Crippen LogP contribution in [0.25, 0.3) is 28.1 Å². The van der Waals surface area contributed by atoms with Crippen molar-refractivity contribution < 1.29 is 13.2 Å². The van der Waals surface area contributed by atoms with Crippen LogP contribution in [0.15, 0.2) is 90.2 Å². The molecule has 1 aliphatic heterocycles. The van der Waals surface area contributed by atoms with E-state index in [2.05, 4.69) is 10.3 Å². The molecule has 1 N–H and O–H groups in total. The van der Waals surface area contributed by atoms with E-state index in [1.54, 1.807) is 12.4 Å². The van der Waals surface area contributed by atoms with Crippen LogP contribution in [0.2, 0.25) is 0 Å². The Balaban J connectivity index is 1.79. The summed E-state index contributed by atoms with van der Waals surface area (Å²) in [6.45, 7) is 3.97. The Morgan fingerprint density at radius 2 is 1.71 bits per heavy atom. The summed E-state index contributed by atoms with van der Waals surface area (Å²) in [4.78, 5) is 13.8. The lowest BCUT2D eigenvalue weighted by atomic mass is 10.1. The number of nitrogens with zero attached hydrogens (tertiary/aromatic N) is 4. The number of alkyl halides is 3. The van der Waals surface area contributed by atoms with Crippen molar-refractivity contribution in [2.75, 3.05) is 5.32 Å². The van der Waals surface area contributed by atoms with E-state index in [0.29, 0.717) is 16.7 Å². The molecular weight excluding hydrogens is 451 g/mol. The SMILES string of the molecule is CC(C)N=c1cc2n(-c3ccc(C(F)(F)F)cc3)c3ccccc3nc-2cc1Nc1cccnc1. The molecule has 0 spiro atoms. The lowest BCUT2D eigenvalue weighted by Crippen LogP contribution is -2.16. The fraction of sp³-hybridized carbons (Fsp3) is 0.148. The van der Waals surface area contributed by atoms with Crippen molar-refractivity contribution in [1.82, 2.24) is 14.5 Å². The van der Waals surface area contributed by atoms with E-state index in [4.69, 9.17) is 9.98 Å². The minimum atomic E-state index is -4.40. The van der Waals surface area contributed by atoms with Crippen LogP contribution in [0, 0.1) is 0 Å². The molecule has 176 valence electrons. The first kappa shape index (κ1) is 22.6. The van der Waals surface area contributed by atoms with Crippen molar-refractivity contribution in [1.29, 1.82) is 0 Å². The molecule has 2 aliphatic rings. The molecule has 0 unspecified atom stereocenters. The van der Waals surface area contributed by atoms with Crippen LogP contribution in [-0.4, -0.2) is 20.6 Å². The highest BCUT2D eigenvalue weighted by atomic mass is 19.4. The summed E-state index contributed by atoms with van der Waals surface area (Å²) >= 11 is 0. The van der Waals surface area contributed by atoms with Gasteiger partial charge in [0.05, 0.1) is 50.9 Å². The first-order valence-electron chi connectivity index (χ1n) is 11.1. The molecule has 0 bridgehead atoms. The molecule has 5 nitrogen and oxygen atoms in total. The van der Waals surface area contributed by atoms with Gasteiger partial charge in [0.2, 0.25) is 0 Å². The summed E-state index contributed by atoms with van der Waals surface area (Å²) in [5.41, 5.74) is 4.40. The highest BCUT2D eigenvalue weighted by molar-refractivity contribution is 5.84. The average molecular weight is 474 g/mol. The second-order valence-corrected chi connectivity index (χ2v) is 8.43. The van der Waals surface area contributed by atoms with Gasteiger partial charge < -0.3 is 9.88 Å². The van der Waals surface area contributed by atoms with E-state index in [0.717, 1.165) is 40.2 Å². The molecule has 0 saturated carbocycles. The molecule has 1 aromatic heterocycles. The van der Waals surface area contributed by atoms with Gasteiger partial charge in [0.15, 0.2) is 0 Å². The number of hydrogen-bond donors (Lipinski definition) is 1. The summed E-state index contributed by atoms with van der Waals surface area (Å²) in [7, 11) is 0. The van der Waals surface area contributed by atoms with Crippen molar-refractivity contribution in [3.8, 4) is 17.1 Å². The molecule has 2 aromatic carbocycles. The molecule has 5 rings (SSSR count). The molecule has 0 fully saturated rings. The topological polar surface area (TPSA) is 55.1 Å². The van der Waals surface area contributed by atoms with E-state index >= 15 is 0 Å². The van der Waals surface area contributed by atoms with Crippen LogP contribution >= 0.6 is 0 Å². The number of para-hydroxylation sites is 2. The number of nitrogens with one attached hydrogen (secondary N) is 1. The van der Waals surface area contributed by atoms with E-state index in [1.807, 2.05) is 66.9 Å². The van der Waals surface area contributed by atoms with Gasteiger partial charge >= 0.3 is 6.18 Å². The van der Waals surface area contributed by atoms with E-state index in [1.165, 1.54) is 12.1 Å². The van der Waals surface area contributed by atoms with E-state index < -0.39 is 11.7 Å². The highest BCUT2D eigenvalue weighted by Crippen LogP contribution is 2.33. The van der Waals surface area contributed by atoms with Crippen LogP contribution in [0.3, 0.4) is 0 Å². The zero-order valence-corrected chi connectivity index (χ0v) is 19.1. The van der Waals surface area contributed by atoms with Crippen LogP contribution < -0.4 is 10.7 Å². The first-order chi connectivity index (χ1) is 16.8. The monoisotopic (exact) mass is 473 g/mol. The van der Waals surface area contributed by atoms with Gasteiger partial charge in [-0.2, -0.15) is 13.2 Å². The van der Waals surface area contributed by atoms with Crippen LogP contribution in [0.1, 0.15) is 19.4 Å². The summed E-state index contributed by atoms with van der Waals surface area (Å²) in [6.07, 6.45) is -0.979. The maximum atomic E-state index is 13.2. The number of aromatic nitrogens is 3. The standard InChI is InChI=1S/C27H22F3N5/c1-17(2)32-23-15-26-24(14-22(23)33-19-6-5-13-31-16-19)34-21-7-3-4-8-25(21)35(26)20-11-9-18(10-12-20)27(28,29)30/h3-17,33H,1-2H3. The molecule has 0 amide bonds. The molecule has 8 heteroatoms. The fourth-order valence-electron chi connectivity index (χ4n) is 4.00. The molecule has 0 atom stereocenters. The van der Waals surface area contributed by atoms with Gasteiger partial charge in [-0.05, 0) is 74.5 Å². The predicted molar refractivity (Wildman–Crippen MR) is 131 cm³/mol. The van der Waals surface area contributed by atoms with E-state index in [9.17, 15) is 13.2 Å². The third kappa shape index (κ3) is 4.59. The third-order valence-electron chi connectivity index (χ3n) is 5.49. The Hall–Kier alpha value is -4.20. The van der Waals surface area contributed by atoms with Crippen LogP contribution in [0.4, 0.5) is 24.5 Å². The minimum Gasteiger partial charge on any atom is -0.352 e. The first-order valence-corrected chi connectivity index (χ1v) is 11.1. The van der Waals surface area contributed by atoms with Gasteiger partial charge in [0.1, 0.15) is 0 Å². The average Bonchev–Trinajstić information content (AvgIpc) is 2.83. The number of hydrogen-bond acceptors (Lipinski definition) is 4. The fourth-order valence-corrected chi connectivity index (χ4v) is 4.00. The number of benzene rings is 3. The molecule has 35 heavy (non-hydrogen) atoms. The number of pyridine rings is 1. The highest BCUT2D eigenvalue weighted by Gasteiger charge is 2.30. The number of halogens is 3. The molecule has 3 aromatic rings.